The molecule has 2 atom stereocenters. The molecule has 3 aliphatic rings. The van der Waals surface area contributed by atoms with Crippen molar-refractivity contribution in [3.8, 4) is 12.3 Å². The van der Waals surface area contributed by atoms with E-state index in [0.29, 0.717) is 23.4 Å². The highest BCUT2D eigenvalue weighted by molar-refractivity contribution is 6.05. The van der Waals surface area contributed by atoms with E-state index in [1.165, 1.54) is 0 Å². The molecule has 2 bridgehead atoms. The summed E-state index contributed by atoms with van der Waals surface area (Å²) in [5.74, 6) is 2.82. The maximum absolute atomic E-state index is 13.1. The summed E-state index contributed by atoms with van der Waals surface area (Å²) in [5, 5.41) is 12.1. The Hall–Kier alpha value is -3.46. The Bertz CT molecular complexity index is 1210. The lowest BCUT2D eigenvalue weighted by atomic mass is 9.67. The second kappa shape index (κ2) is 9.06. The Morgan fingerprint density at radius 2 is 1.79 bits per heavy atom. The van der Waals surface area contributed by atoms with Gasteiger partial charge in [0, 0.05) is 12.6 Å². The molecule has 4 heterocycles. The lowest BCUT2D eigenvalue weighted by molar-refractivity contribution is -0.145. The fourth-order valence-corrected chi connectivity index (χ4v) is 5.54. The summed E-state index contributed by atoms with van der Waals surface area (Å²) < 4.78 is 0. The molecule has 2 aromatic carbocycles. The van der Waals surface area contributed by atoms with Crippen LogP contribution in [0.3, 0.4) is 0 Å². The minimum absolute atomic E-state index is 0.0649. The Labute approximate surface area is 201 Å². The molecule has 3 aliphatic heterocycles. The monoisotopic (exact) mass is 451 g/mol. The van der Waals surface area contributed by atoms with Crippen LogP contribution in [-0.4, -0.2) is 47.1 Å². The third kappa shape index (κ3) is 3.79. The van der Waals surface area contributed by atoms with Gasteiger partial charge in [-0.3, -0.25) is 14.7 Å². The molecule has 5 nitrogen and oxygen atoms in total. The molecule has 0 aliphatic carbocycles. The van der Waals surface area contributed by atoms with Crippen molar-refractivity contribution in [2.24, 2.45) is 5.92 Å². The number of aliphatic hydroxyl groups is 1. The van der Waals surface area contributed by atoms with Gasteiger partial charge in [-0.2, -0.15) is 0 Å². The Kier molecular flexibility index (Phi) is 5.95. The van der Waals surface area contributed by atoms with Crippen LogP contribution in [0.4, 0.5) is 5.69 Å². The van der Waals surface area contributed by atoms with Crippen LogP contribution < -0.4 is 4.90 Å². The summed E-state index contributed by atoms with van der Waals surface area (Å²) in [7, 11) is 1.76. The van der Waals surface area contributed by atoms with E-state index in [1.807, 2.05) is 42.5 Å². The molecule has 34 heavy (non-hydrogen) atoms. The molecule has 5 heteroatoms. The highest BCUT2D eigenvalue weighted by Crippen LogP contribution is 2.47. The molecule has 1 aromatic heterocycles. The summed E-state index contributed by atoms with van der Waals surface area (Å²) in [4.78, 5) is 21.7. The lowest BCUT2D eigenvalue weighted by Gasteiger charge is -2.54. The van der Waals surface area contributed by atoms with Crippen molar-refractivity contribution < 1.29 is 9.90 Å². The Morgan fingerprint density at radius 1 is 1.15 bits per heavy atom. The highest BCUT2D eigenvalue weighted by atomic mass is 16.3. The number of hydrogen-bond donors (Lipinski definition) is 1. The number of benzene rings is 2. The summed E-state index contributed by atoms with van der Waals surface area (Å²) in [6.07, 6.45) is 10.0. The van der Waals surface area contributed by atoms with Crippen LogP contribution in [0.2, 0.25) is 0 Å². The number of hydrogen-bond acceptors (Lipinski definition) is 4. The number of fused-ring (bicyclic) bond motifs is 3. The van der Waals surface area contributed by atoms with Gasteiger partial charge in [0.25, 0.3) is 5.91 Å². The Balaban J connectivity index is 1.58. The number of anilines is 1. The standard InChI is InChI=1S/C29H29N3O2/c1-3-26-29(34,24-14-16-32(26)17-15-24)27-23(18-21-10-6-4-7-11-21)19-25(20-30-27)31(2)28(33)22-12-8-5-9-13-22/h1,4-13,19-20,24,26,34H,14-18H2,2H3. The molecule has 3 fully saturated rings. The summed E-state index contributed by atoms with van der Waals surface area (Å²) in [5.41, 5.74) is 2.73. The summed E-state index contributed by atoms with van der Waals surface area (Å²) in [6, 6.07) is 20.9. The van der Waals surface area contributed by atoms with Crippen LogP contribution in [0.5, 0.6) is 0 Å². The van der Waals surface area contributed by atoms with Crippen molar-refractivity contribution in [1.82, 2.24) is 9.88 Å². The topological polar surface area (TPSA) is 56.7 Å². The van der Waals surface area contributed by atoms with E-state index in [2.05, 4.69) is 23.0 Å². The number of amides is 1. The quantitative estimate of drug-likeness (QED) is 0.599. The Morgan fingerprint density at radius 3 is 2.44 bits per heavy atom. The van der Waals surface area contributed by atoms with Gasteiger partial charge in [-0.15, -0.1) is 6.42 Å². The second-order valence-electron chi connectivity index (χ2n) is 9.30. The number of carbonyl (C=O) groups excluding carboxylic acids is 1. The minimum atomic E-state index is -1.21. The third-order valence-electron chi connectivity index (χ3n) is 7.37. The molecule has 3 saturated heterocycles. The van der Waals surface area contributed by atoms with Gasteiger partial charge in [0.1, 0.15) is 11.6 Å². The largest absolute Gasteiger partial charge is 0.381 e. The molecule has 0 spiro atoms. The number of nitrogens with zero attached hydrogens (tertiary/aromatic N) is 3. The molecule has 1 N–H and O–H groups in total. The van der Waals surface area contributed by atoms with Gasteiger partial charge in [-0.05, 0) is 67.6 Å². The van der Waals surface area contributed by atoms with Gasteiger partial charge in [-0.25, -0.2) is 0 Å². The van der Waals surface area contributed by atoms with Crippen LogP contribution in [0.25, 0.3) is 0 Å². The summed E-state index contributed by atoms with van der Waals surface area (Å²) >= 11 is 0. The zero-order valence-electron chi connectivity index (χ0n) is 19.4. The average Bonchev–Trinajstić information content (AvgIpc) is 2.89. The molecule has 0 radical (unpaired) electrons. The SMILES string of the molecule is C#CC1N2CCC(CC2)C1(O)c1ncc(N(C)C(=O)c2ccccc2)cc1Cc1ccccc1. The van der Waals surface area contributed by atoms with E-state index < -0.39 is 11.6 Å². The molecule has 0 saturated carbocycles. The fraction of sp³-hybridized carbons (Fsp3) is 0.310. The normalized spacial score (nSPS) is 25.5. The van der Waals surface area contributed by atoms with Gasteiger partial charge < -0.3 is 10.0 Å². The van der Waals surface area contributed by atoms with Crippen LogP contribution in [0.1, 0.15) is 40.0 Å². The minimum Gasteiger partial charge on any atom is -0.381 e. The maximum atomic E-state index is 13.1. The zero-order chi connectivity index (χ0) is 23.7. The van der Waals surface area contributed by atoms with Gasteiger partial charge >= 0.3 is 0 Å². The van der Waals surface area contributed by atoms with Crippen LogP contribution in [0.15, 0.2) is 72.9 Å². The molecule has 1 amide bonds. The number of terminal acetylenes is 1. The van der Waals surface area contributed by atoms with Gasteiger partial charge in [0.2, 0.25) is 0 Å². The lowest BCUT2D eigenvalue weighted by Crippen LogP contribution is -2.64. The number of pyridine rings is 1. The van der Waals surface area contributed by atoms with E-state index >= 15 is 0 Å². The number of carbonyl (C=O) groups is 1. The third-order valence-corrected chi connectivity index (χ3v) is 7.37. The van der Waals surface area contributed by atoms with Crippen molar-refractivity contribution >= 4 is 11.6 Å². The molecular formula is C29H29N3O2. The first-order valence-electron chi connectivity index (χ1n) is 11.8. The van der Waals surface area contributed by atoms with E-state index in [1.54, 1.807) is 30.3 Å². The first kappa shape index (κ1) is 22.3. The van der Waals surface area contributed by atoms with Crippen LogP contribution in [-0.2, 0) is 12.0 Å². The van der Waals surface area contributed by atoms with Gasteiger partial charge in [0.05, 0.1) is 17.6 Å². The van der Waals surface area contributed by atoms with Crippen molar-refractivity contribution in [1.29, 1.82) is 0 Å². The smallest absolute Gasteiger partial charge is 0.258 e. The summed E-state index contributed by atoms with van der Waals surface area (Å²) in [6.45, 7) is 1.81. The first-order chi connectivity index (χ1) is 16.5. The fourth-order valence-electron chi connectivity index (χ4n) is 5.54. The van der Waals surface area contributed by atoms with Crippen molar-refractivity contribution in [3.05, 3.63) is 95.3 Å². The predicted molar refractivity (Wildman–Crippen MR) is 133 cm³/mol. The van der Waals surface area contributed by atoms with E-state index in [9.17, 15) is 9.90 Å². The first-order valence-corrected chi connectivity index (χ1v) is 11.8. The molecular weight excluding hydrogens is 422 g/mol. The highest BCUT2D eigenvalue weighted by Gasteiger charge is 2.55. The van der Waals surface area contributed by atoms with E-state index in [4.69, 9.17) is 11.4 Å². The zero-order valence-corrected chi connectivity index (χ0v) is 19.4. The van der Waals surface area contributed by atoms with Crippen molar-refractivity contribution in [2.45, 2.75) is 30.9 Å². The van der Waals surface area contributed by atoms with Crippen molar-refractivity contribution in [3.63, 3.8) is 0 Å². The average molecular weight is 452 g/mol. The molecule has 172 valence electrons. The predicted octanol–water partition coefficient (Wildman–Crippen LogP) is 3.86. The molecule has 2 unspecified atom stereocenters. The molecule has 3 aromatic rings. The number of piperidine rings is 3. The van der Waals surface area contributed by atoms with Crippen LogP contribution in [0, 0.1) is 18.3 Å². The van der Waals surface area contributed by atoms with Gasteiger partial charge in [0.15, 0.2) is 0 Å². The number of rotatable bonds is 5. The maximum Gasteiger partial charge on any atom is 0.258 e. The second-order valence-corrected chi connectivity index (χ2v) is 9.30. The van der Waals surface area contributed by atoms with E-state index in [-0.39, 0.29) is 11.8 Å². The van der Waals surface area contributed by atoms with E-state index in [0.717, 1.165) is 37.1 Å². The molecule has 6 rings (SSSR count). The number of aromatic nitrogens is 1. The van der Waals surface area contributed by atoms with Crippen LogP contribution >= 0.6 is 0 Å². The van der Waals surface area contributed by atoms with Crippen molar-refractivity contribution in [2.75, 3.05) is 25.0 Å². The van der Waals surface area contributed by atoms with Gasteiger partial charge in [-0.1, -0.05) is 54.5 Å².